The van der Waals surface area contributed by atoms with Crippen LogP contribution in [0, 0.1) is 5.92 Å². The van der Waals surface area contributed by atoms with Crippen molar-refractivity contribution in [2.45, 2.75) is 26.2 Å². The van der Waals surface area contributed by atoms with Crippen molar-refractivity contribution >= 4 is 28.3 Å². The van der Waals surface area contributed by atoms with E-state index in [9.17, 15) is 9.59 Å². The van der Waals surface area contributed by atoms with E-state index < -0.39 is 5.97 Å². The molecule has 1 amide bonds. The van der Waals surface area contributed by atoms with Gasteiger partial charge in [0.2, 0.25) is 0 Å². The molecule has 3 rings (SSSR count). The van der Waals surface area contributed by atoms with Crippen LogP contribution in [0.15, 0.2) is 24.3 Å². The molecule has 1 aliphatic carbocycles. The molecule has 120 valence electrons. The van der Waals surface area contributed by atoms with Gasteiger partial charge in [-0.25, -0.2) is 9.78 Å². The number of ether oxygens (including phenoxy) is 1. The van der Waals surface area contributed by atoms with Gasteiger partial charge in [-0.05, 0) is 49.4 Å². The molecule has 0 saturated heterocycles. The van der Waals surface area contributed by atoms with E-state index in [4.69, 9.17) is 0 Å². The van der Waals surface area contributed by atoms with E-state index >= 15 is 0 Å². The number of aromatic nitrogens is 1. The van der Waals surface area contributed by atoms with Gasteiger partial charge in [0.1, 0.15) is 0 Å². The van der Waals surface area contributed by atoms with E-state index in [0.717, 1.165) is 25.0 Å². The van der Waals surface area contributed by atoms with E-state index in [-0.39, 0.29) is 5.91 Å². The fraction of sp³-hybridized carbons (Fsp3) is 0.353. The van der Waals surface area contributed by atoms with E-state index in [1.807, 2.05) is 0 Å². The van der Waals surface area contributed by atoms with Crippen molar-refractivity contribution in [3.8, 4) is 0 Å². The van der Waals surface area contributed by atoms with Crippen molar-refractivity contribution in [2.24, 2.45) is 5.92 Å². The van der Waals surface area contributed by atoms with Crippen molar-refractivity contribution in [3.05, 3.63) is 46.0 Å². The van der Waals surface area contributed by atoms with Gasteiger partial charge >= 0.3 is 5.97 Å². The zero-order valence-corrected chi connectivity index (χ0v) is 13.9. The quantitative estimate of drug-likeness (QED) is 0.877. The third-order valence-corrected chi connectivity index (χ3v) is 5.01. The second kappa shape index (κ2) is 6.50. The van der Waals surface area contributed by atoms with Crippen LogP contribution in [-0.4, -0.2) is 24.0 Å². The van der Waals surface area contributed by atoms with Crippen molar-refractivity contribution in [1.29, 1.82) is 0 Å². The highest BCUT2D eigenvalue weighted by molar-refractivity contribution is 7.15. The molecule has 0 radical (unpaired) electrons. The largest absolute Gasteiger partial charge is 0.465 e. The minimum atomic E-state index is -0.418. The minimum Gasteiger partial charge on any atom is -0.465 e. The van der Waals surface area contributed by atoms with Crippen LogP contribution in [0.2, 0.25) is 0 Å². The Kier molecular flexibility index (Phi) is 4.43. The van der Waals surface area contributed by atoms with Crippen LogP contribution in [0.25, 0.3) is 0 Å². The summed E-state index contributed by atoms with van der Waals surface area (Å²) >= 11 is 1.56. The molecule has 23 heavy (non-hydrogen) atoms. The Morgan fingerprint density at radius 3 is 2.65 bits per heavy atom. The fourth-order valence-corrected chi connectivity index (χ4v) is 3.80. The Labute approximate surface area is 138 Å². The van der Waals surface area contributed by atoms with Gasteiger partial charge in [0, 0.05) is 10.4 Å². The third kappa shape index (κ3) is 3.42. The predicted octanol–water partition coefficient (Wildman–Crippen LogP) is 3.31. The molecule has 1 aromatic carbocycles. The number of esters is 1. The highest BCUT2D eigenvalue weighted by atomic mass is 32.1. The van der Waals surface area contributed by atoms with Crippen LogP contribution < -0.4 is 5.32 Å². The van der Waals surface area contributed by atoms with Gasteiger partial charge in [-0.3, -0.25) is 10.1 Å². The van der Waals surface area contributed by atoms with Crippen LogP contribution in [0.3, 0.4) is 0 Å². The minimum absolute atomic E-state index is 0.222. The molecule has 0 saturated carbocycles. The second-order valence-corrected chi connectivity index (χ2v) is 6.84. The lowest BCUT2D eigenvalue weighted by atomic mass is 9.93. The summed E-state index contributed by atoms with van der Waals surface area (Å²) in [4.78, 5) is 29.5. The van der Waals surface area contributed by atoms with Crippen LogP contribution in [0.4, 0.5) is 5.13 Å². The molecule has 1 heterocycles. The lowest BCUT2D eigenvalue weighted by molar-refractivity contribution is 0.0600. The predicted molar refractivity (Wildman–Crippen MR) is 89.0 cm³/mol. The van der Waals surface area contributed by atoms with Gasteiger partial charge in [0.15, 0.2) is 5.13 Å². The van der Waals surface area contributed by atoms with Gasteiger partial charge in [0.05, 0.1) is 18.4 Å². The molecule has 5 nitrogen and oxygen atoms in total. The lowest BCUT2D eigenvalue weighted by Gasteiger charge is -2.15. The van der Waals surface area contributed by atoms with Crippen molar-refractivity contribution in [1.82, 2.24) is 4.98 Å². The molecule has 0 unspecified atom stereocenters. The number of thiazole rings is 1. The Balaban J connectivity index is 1.71. The summed E-state index contributed by atoms with van der Waals surface area (Å²) in [6, 6.07) is 6.37. The Hall–Kier alpha value is -2.21. The van der Waals surface area contributed by atoms with Crippen molar-refractivity contribution < 1.29 is 14.3 Å². The van der Waals surface area contributed by atoms with Crippen LogP contribution in [-0.2, 0) is 17.6 Å². The van der Waals surface area contributed by atoms with Crippen LogP contribution >= 0.6 is 11.3 Å². The van der Waals surface area contributed by atoms with Crippen LogP contribution in [0.1, 0.15) is 44.6 Å². The van der Waals surface area contributed by atoms with Gasteiger partial charge in [-0.1, -0.05) is 6.92 Å². The maximum Gasteiger partial charge on any atom is 0.337 e. The molecule has 0 bridgehead atoms. The summed E-state index contributed by atoms with van der Waals surface area (Å²) in [5, 5.41) is 3.49. The number of hydrogen-bond donors (Lipinski definition) is 1. The van der Waals surface area contributed by atoms with Crippen molar-refractivity contribution in [2.75, 3.05) is 12.4 Å². The molecular formula is C17H18N2O3S. The monoisotopic (exact) mass is 330 g/mol. The number of carbonyl (C=O) groups is 2. The first kappa shape index (κ1) is 15.7. The normalized spacial score (nSPS) is 16.5. The topological polar surface area (TPSA) is 68.3 Å². The molecule has 1 N–H and O–H groups in total. The number of aryl methyl sites for hydroxylation is 1. The third-order valence-electron chi connectivity index (χ3n) is 3.97. The number of anilines is 1. The number of benzene rings is 1. The SMILES string of the molecule is COC(=O)c1ccc(C(=O)Nc2nc3c(s2)C[C@@H](C)CC3)cc1. The van der Waals surface area contributed by atoms with E-state index in [1.54, 1.807) is 35.6 Å². The lowest BCUT2D eigenvalue weighted by Crippen LogP contribution is -2.12. The average Bonchev–Trinajstić information content (AvgIpc) is 2.95. The van der Waals surface area contributed by atoms with Gasteiger partial charge in [0.25, 0.3) is 5.91 Å². The number of amides is 1. The summed E-state index contributed by atoms with van der Waals surface area (Å²) < 4.78 is 4.64. The second-order valence-electron chi connectivity index (χ2n) is 5.76. The fourth-order valence-electron chi connectivity index (χ4n) is 2.64. The molecule has 0 aliphatic heterocycles. The maximum atomic E-state index is 12.3. The Morgan fingerprint density at radius 2 is 1.96 bits per heavy atom. The Bertz CT molecular complexity index is 737. The summed E-state index contributed by atoms with van der Waals surface area (Å²) in [5.74, 6) is 0.0385. The molecular weight excluding hydrogens is 312 g/mol. The molecule has 6 heteroatoms. The van der Waals surface area contributed by atoms with Gasteiger partial charge in [-0.15, -0.1) is 11.3 Å². The average molecular weight is 330 g/mol. The number of fused-ring (bicyclic) bond motifs is 1. The summed E-state index contributed by atoms with van der Waals surface area (Å²) in [6.07, 6.45) is 3.17. The van der Waals surface area contributed by atoms with E-state index in [2.05, 4.69) is 22.0 Å². The molecule has 2 aromatic rings. The van der Waals surface area contributed by atoms with E-state index in [1.165, 1.54) is 12.0 Å². The standard InChI is InChI=1S/C17H18N2O3S/c1-10-3-8-13-14(9-10)23-17(18-13)19-15(20)11-4-6-12(7-5-11)16(21)22-2/h4-7,10H,3,8-9H2,1-2H3,(H,18,19,20)/t10-/m0/s1. The maximum absolute atomic E-state index is 12.3. The number of nitrogens with one attached hydrogen (secondary N) is 1. The van der Waals surface area contributed by atoms with Gasteiger partial charge < -0.3 is 4.74 Å². The highest BCUT2D eigenvalue weighted by Gasteiger charge is 2.20. The molecule has 1 aliphatic rings. The summed E-state index contributed by atoms with van der Waals surface area (Å²) in [7, 11) is 1.33. The number of methoxy groups -OCH3 is 1. The smallest absolute Gasteiger partial charge is 0.337 e. The van der Waals surface area contributed by atoms with E-state index in [0.29, 0.717) is 22.2 Å². The zero-order valence-electron chi connectivity index (χ0n) is 13.1. The first-order valence-electron chi connectivity index (χ1n) is 7.55. The molecule has 0 spiro atoms. The first-order valence-corrected chi connectivity index (χ1v) is 8.36. The number of nitrogens with zero attached hydrogens (tertiary/aromatic N) is 1. The van der Waals surface area contributed by atoms with Gasteiger partial charge in [-0.2, -0.15) is 0 Å². The number of hydrogen-bond acceptors (Lipinski definition) is 5. The molecule has 1 atom stereocenters. The van der Waals surface area contributed by atoms with Crippen LogP contribution in [0.5, 0.6) is 0 Å². The first-order chi connectivity index (χ1) is 11.1. The Morgan fingerprint density at radius 1 is 1.26 bits per heavy atom. The molecule has 1 aromatic heterocycles. The molecule has 0 fully saturated rings. The van der Waals surface area contributed by atoms with Crippen molar-refractivity contribution in [3.63, 3.8) is 0 Å². The number of carbonyl (C=O) groups excluding carboxylic acids is 2. The summed E-state index contributed by atoms with van der Waals surface area (Å²) in [6.45, 7) is 2.24. The zero-order chi connectivity index (χ0) is 16.4. The summed E-state index contributed by atoms with van der Waals surface area (Å²) in [5.41, 5.74) is 2.02. The number of rotatable bonds is 3. The highest BCUT2D eigenvalue weighted by Crippen LogP contribution is 2.32.